The molecule has 4 unspecified atom stereocenters. The second-order valence-corrected chi connectivity index (χ2v) is 11.5. The van der Waals surface area contributed by atoms with Gasteiger partial charge in [0.1, 0.15) is 11.2 Å². The summed E-state index contributed by atoms with van der Waals surface area (Å²) in [6, 6.07) is 21.3. The Bertz CT molecular complexity index is 954. The fraction of sp³-hybridized carbons (Fsp3) is 0.613. The number of hydrogen-bond donors (Lipinski definition) is 2. The van der Waals surface area contributed by atoms with E-state index in [1.54, 1.807) is 0 Å². The van der Waals surface area contributed by atoms with Crippen molar-refractivity contribution in [2.75, 3.05) is 46.0 Å². The summed E-state index contributed by atoms with van der Waals surface area (Å²) in [6.07, 6.45) is 7.98. The van der Waals surface area contributed by atoms with Gasteiger partial charge in [0, 0.05) is 0 Å². The molecule has 4 aliphatic rings. The van der Waals surface area contributed by atoms with Crippen molar-refractivity contribution in [3.63, 3.8) is 0 Å². The standard InChI is InChI=1S/C31H42N2O3/c1-3-7-26(8-4-1)30(22-35-30)21-34-23-31(27-9-5-2-6-10-27)29(36-31)28(25-15-19-33-20-16-25)12-11-24-13-17-32-18-14-24/h1-10,24-25,28-29,32-33H,11-23H2. The van der Waals surface area contributed by atoms with Crippen LogP contribution in [0.1, 0.15) is 49.7 Å². The van der Waals surface area contributed by atoms with Crippen LogP contribution in [0.3, 0.4) is 0 Å². The van der Waals surface area contributed by atoms with Crippen molar-refractivity contribution >= 4 is 0 Å². The minimum atomic E-state index is -0.336. The topological polar surface area (TPSA) is 58.4 Å². The highest BCUT2D eigenvalue weighted by Crippen LogP contribution is 2.54. The molecule has 5 nitrogen and oxygen atoms in total. The first-order valence-electron chi connectivity index (χ1n) is 14.2. The fourth-order valence-electron chi connectivity index (χ4n) is 6.81. The molecule has 36 heavy (non-hydrogen) atoms. The summed E-state index contributed by atoms with van der Waals surface area (Å²) < 4.78 is 19.2. The summed E-state index contributed by atoms with van der Waals surface area (Å²) in [4.78, 5) is 0. The molecule has 4 fully saturated rings. The number of epoxide rings is 2. The Morgan fingerprint density at radius 2 is 1.42 bits per heavy atom. The van der Waals surface area contributed by atoms with E-state index in [-0.39, 0.29) is 17.3 Å². The second-order valence-electron chi connectivity index (χ2n) is 11.5. The molecule has 194 valence electrons. The molecule has 0 bridgehead atoms. The number of rotatable bonds is 11. The molecule has 4 aliphatic heterocycles. The van der Waals surface area contributed by atoms with Gasteiger partial charge in [-0.1, -0.05) is 60.7 Å². The molecule has 0 amide bonds. The molecule has 0 saturated carbocycles. The van der Waals surface area contributed by atoms with Gasteiger partial charge in [-0.05, 0) is 93.6 Å². The van der Waals surface area contributed by atoms with E-state index in [0.717, 1.165) is 31.5 Å². The number of benzene rings is 2. The number of nitrogens with one attached hydrogen (secondary N) is 2. The van der Waals surface area contributed by atoms with Crippen LogP contribution in [0.4, 0.5) is 0 Å². The van der Waals surface area contributed by atoms with Crippen LogP contribution < -0.4 is 10.6 Å². The summed E-state index contributed by atoms with van der Waals surface area (Å²) in [5.74, 6) is 2.17. The molecule has 0 aromatic heterocycles. The van der Waals surface area contributed by atoms with Crippen molar-refractivity contribution in [1.82, 2.24) is 10.6 Å². The van der Waals surface area contributed by atoms with E-state index in [9.17, 15) is 0 Å². The van der Waals surface area contributed by atoms with Crippen molar-refractivity contribution in [3.05, 3.63) is 71.8 Å². The van der Waals surface area contributed by atoms with Crippen LogP contribution in [-0.2, 0) is 25.4 Å². The molecule has 2 aromatic carbocycles. The van der Waals surface area contributed by atoms with Crippen LogP contribution >= 0.6 is 0 Å². The van der Waals surface area contributed by atoms with Gasteiger partial charge in [0.05, 0.1) is 25.9 Å². The SMILES string of the molecule is c1ccc(C2(COCC3(c4ccccc4)OC3C(CCC3CCNCC3)C3CCNCC3)CO2)cc1. The molecule has 0 radical (unpaired) electrons. The molecular weight excluding hydrogens is 448 g/mol. The van der Waals surface area contributed by atoms with Gasteiger partial charge in [0.25, 0.3) is 0 Å². The number of hydrogen-bond acceptors (Lipinski definition) is 5. The van der Waals surface area contributed by atoms with Crippen molar-refractivity contribution in [2.24, 2.45) is 17.8 Å². The largest absolute Gasteiger partial charge is 0.375 e. The molecule has 0 spiro atoms. The van der Waals surface area contributed by atoms with Crippen molar-refractivity contribution in [3.8, 4) is 0 Å². The van der Waals surface area contributed by atoms with E-state index < -0.39 is 0 Å². The zero-order valence-electron chi connectivity index (χ0n) is 21.5. The lowest BCUT2D eigenvalue weighted by Gasteiger charge is -2.32. The van der Waals surface area contributed by atoms with Gasteiger partial charge >= 0.3 is 0 Å². The molecular formula is C31H42N2O3. The molecule has 4 atom stereocenters. The Balaban J connectivity index is 1.17. The summed E-state index contributed by atoms with van der Waals surface area (Å²) in [5.41, 5.74) is 1.85. The van der Waals surface area contributed by atoms with Crippen LogP contribution in [0.2, 0.25) is 0 Å². The molecule has 2 aromatic rings. The molecule has 2 N–H and O–H groups in total. The lowest BCUT2D eigenvalue weighted by atomic mass is 9.74. The van der Waals surface area contributed by atoms with Crippen LogP contribution in [0.5, 0.6) is 0 Å². The summed E-state index contributed by atoms with van der Waals surface area (Å²) in [7, 11) is 0. The van der Waals surface area contributed by atoms with Crippen molar-refractivity contribution in [1.29, 1.82) is 0 Å². The first kappa shape index (κ1) is 24.6. The highest BCUT2D eigenvalue weighted by molar-refractivity contribution is 5.31. The Labute approximate surface area is 216 Å². The van der Waals surface area contributed by atoms with Crippen LogP contribution in [-0.4, -0.2) is 52.1 Å². The zero-order valence-corrected chi connectivity index (χ0v) is 21.5. The van der Waals surface area contributed by atoms with Crippen molar-refractivity contribution in [2.45, 2.75) is 55.8 Å². The Hall–Kier alpha value is -1.76. The maximum atomic E-state index is 6.79. The van der Waals surface area contributed by atoms with E-state index in [2.05, 4.69) is 71.3 Å². The monoisotopic (exact) mass is 490 g/mol. The van der Waals surface area contributed by atoms with Crippen LogP contribution in [0.25, 0.3) is 0 Å². The highest BCUT2D eigenvalue weighted by atomic mass is 16.7. The summed E-state index contributed by atoms with van der Waals surface area (Å²) in [5, 5.41) is 7.10. The maximum Gasteiger partial charge on any atom is 0.143 e. The average Bonchev–Trinajstić information content (AvgIpc) is 3.88. The van der Waals surface area contributed by atoms with Gasteiger partial charge in [-0.2, -0.15) is 0 Å². The first-order valence-corrected chi connectivity index (χ1v) is 14.2. The van der Waals surface area contributed by atoms with Gasteiger partial charge in [-0.25, -0.2) is 0 Å². The molecule has 6 rings (SSSR count). The van der Waals surface area contributed by atoms with Gasteiger partial charge in [-0.15, -0.1) is 0 Å². The maximum absolute atomic E-state index is 6.79. The molecule has 0 aliphatic carbocycles. The van der Waals surface area contributed by atoms with Gasteiger partial charge in [0.15, 0.2) is 0 Å². The average molecular weight is 491 g/mol. The predicted octanol–water partition coefficient (Wildman–Crippen LogP) is 4.62. The van der Waals surface area contributed by atoms with E-state index >= 15 is 0 Å². The van der Waals surface area contributed by atoms with Crippen molar-refractivity contribution < 1.29 is 14.2 Å². The van der Waals surface area contributed by atoms with E-state index in [0.29, 0.717) is 19.1 Å². The molecule has 4 heterocycles. The summed E-state index contributed by atoms with van der Waals surface area (Å²) >= 11 is 0. The fourth-order valence-corrected chi connectivity index (χ4v) is 6.81. The Morgan fingerprint density at radius 3 is 2.06 bits per heavy atom. The number of ether oxygens (including phenoxy) is 3. The minimum Gasteiger partial charge on any atom is -0.375 e. The summed E-state index contributed by atoms with van der Waals surface area (Å²) in [6.45, 7) is 6.52. The normalized spacial score (nSPS) is 31.7. The Kier molecular flexibility index (Phi) is 7.46. The van der Waals surface area contributed by atoms with Gasteiger partial charge < -0.3 is 24.8 Å². The third kappa shape index (κ3) is 5.27. The smallest absolute Gasteiger partial charge is 0.143 e. The number of piperidine rings is 2. The van der Waals surface area contributed by atoms with Gasteiger partial charge in [-0.3, -0.25) is 0 Å². The quantitative estimate of drug-likeness (QED) is 0.450. The molecule has 4 saturated heterocycles. The van der Waals surface area contributed by atoms with E-state index in [1.807, 2.05) is 0 Å². The third-order valence-corrected chi connectivity index (χ3v) is 9.19. The third-order valence-electron chi connectivity index (χ3n) is 9.19. The highest BCUT2D eigenvalue weighted by Gasteiger charge is 2.62. The lowest BCUT2D eigenvalue weighted by Crippen LogP contribution is -2.36. The van der Waals surface area contributed by atoms with E-state index in [1.165, 1.54) is 62.7 Å². The zero-order chi connectivity index (χ0) is 24.3. The lowest BCUT2D eigenvalue weighted by molar-refractivity contribution is 0.0402. The first-order chi connectivity index (χ1) is 17.8. The minimum absolute atomic E-state index is 0.234. The van der Waals surface area contributed by atoms with E-state index in [4.69, 9.17) is 14.2 Å². The second kappa shape index (κ2) is 10.9. The predicted molar refractivity (Wildman–Crippen MR) is 142 cm³/mol. The van der Waals surface area contributed by atoms with Crippen LogP contribution in [0.15, 0.2) is 60.7 Å². The van der Waals surface area contributed by atoms with Crippen LogP contribution in [0, 0.1) is 17.8 Å². The Morgan fingerprint density at radius 1 is 0.806 bits per heavy atom. The van der Waals surface area contributed by atoms with Gasteiger partial charge in [0.2, 0.25) is 0 Å². The molecule has 5 heteroatoms.